The van der Waals surface area contributed by atoms with Crippen molar-refractivity contribution in [3.05, 3.63) is 62.8 Å². The molecule has 0 amide bonds. The first-order valence-corrected chi connectivity index (χ1v) is 5.88. The highest BCUT2D eigenvalue weighted by Gasteiger charge is 2.05. The molecule has 0 saturated carbocycles. The molecule has 3 nitrogen and oxygen atoms in total. The van der Waals surface area contributed by atoms with E-state index in [1.54, 1.807) is 0 Å². The lowest BCUT2D eigenvalue weighted by Crippen LogP contribution is -2.20. The fourth-order valence-corrected chi connectivity index (χ4v) is 1.59. The SMILES string of the molecule is O=c1c(Cl)c(Cl)ncn1CC#Cc1ccccc1. The highest BCUT2D eigenvalue weighted by molar-refractivity contribution is 6.40. The van der Waals surface area contributed by atoms with Crippen LogP contribution in [0.5, 0.6) is 0 Å². The molecule has 1 heterocycles. The van der Waals surface area contributed by atoms with E-state index >= 15 is 0 Å². The largest absolute Gasteiger partial charge is 0.286 e. The van der Waals surface area contributed by atoms with Crippen molar-refractivity contribution in [3.8, 4) is 11.8 Å². The number of halogens is 2. The summed E-state index contributed by atoms with van der Waals surface area (Å²) in [4.78, 5) is 15.5. The van der Waals surface area contributed by atoms with Gasteiger partial charge in [-0.15, -0.1) is 0 Å². The summed E-state index contributed by atoms with van der Waals surface area (Å²) in [5, 5.41) is -0.0744. The van der Waals surface area contributed by atoms with Crippen molar-refractivity contribution in [2.24, 2.45) is 0 Å². The van der Waals surface area contributed by atoms with Gasteiger partial charge in [0.1, 0.15) is 11.3 Å². The maximum atomic E-state index is 11.7. The molecular weight excluding hydrogens is 271 g/mol. The molecule has 0 bridgehead atoms. The van der Waals surface area contributed by atoms with Crippen molar-refractivity contribution in [1.82, 2.24) is 9.55 Å². The van der Waals surface area contributed by atoms with Gasteiger partial charge in [-0.05, 0) is 12.1 Å². The number of rotatable bonds is 1. The van der Waals surface area contributed by atoms with Gasteiger partial charge in [-0.3, -0.25) is 9.36 Å². The van der Waals surface area contributed by atoms with Gasteiger partial charge in [0, 0.05) is 5.56 Å². The Balaban J connectivity index is 2.20. The zero-order chi connectivity index (χ0) is 13.0. The molecule has 0 saturated heterocycles. The Morgan fingerprint density at radius 3 is 2.67 bits per heavy atom. The van der Waals surface area contributed by atoms with Crippen molar-refractivity contribution in [2.75, 3.05) is 0 Å². The second-order valence-corrected chi connectivity index (χ2v) is 4.19. The third-order valence-electron chi connectivity index (χ3n) is 2.20. The summed E-state index contributed by atoms with van der Waals surface area (Å²) in [6, 6.07) is 9.50. The van der Waals surface area contributed by atoms with Gasteiger partial charge >= 0.3 is 0 Å². The predicted molar refractivity (Wildman–Crippen MR) is 71.8 cm³/mol. The van der Waals surface area contributed by atoms with Crippen molar-refractivity contribution < 1.29 is 0 Å². The standard InChI is InChI=1S/C13H8Cl2N2O/c14-11-12(15)16-9-17(13(11)18)8-4-7-10-5-2-1-3-6-10/h1-3,5-6,9H,8H2. The first-order valence-electron chi connectivity index (χ1n) is 5.13. The third-order valence-corrected chi connectivity index (χ3v) is 2.92. The van der Waals surface area contributed by atoms with Gasteiger partial charge in [0.25, 0.3) is 5.56 Å². The minimum absolute atomic E-state index is 0.00827. The number of hydrogen-bond donors (Lipinski definition) is 0. The van der Waals surface area contributed by atoms with Crippen molar-refractivity contribution >= 4 is 23.2 Å². The van der Waals surface area contributed by atoms with Crippen molar-refractivity contribution in [3.63, 3.8) is 0 Å². The molecular formula is C13H8Cl2N2O. The van der Waals surface area contributed by atoms with Gasteiger partial charge in [0.15, 0.2) is 5.15 Å². The van der Waals surface area contributed by atoms with E-state index in [-0.39, 0.29) is 22.3 Å². The topological polar surface area (TPSA) is 34.9 Å². The van der Waals surface area contributed by atoms with Crippen molar-refractivity contribution in [2.45, 2.75) is 6.54 Å². The van der Waals surface area contributed by atoms with Gasteiger partial charge in [-0.2, -0.15) is 0 Å². The molecule has 0 aliphatic carbocycles. The lowest BCUT2D eigenvalue weighted by atomic mass is 10.2. The molecule has 90 valence electrons. The molecule has 1 aromatic carbocycles. The minimum atomic E-state index is -0.390. The Bertz CT molecular complexity index is 669. The van der Waals surface area contributed by atoms with Crippen molar-refractivity contribution in [1.29, 1.82) is 0 Å². The van der Waals surface area contributed by atoms with Crippen LogP contribution < -0.4 is 5.56 Å². The monoisotopic (exact) mass is 278 g/mol. The highest BCUT2D eigenvalue weighted by atomic mass is 35.5. The first-order chi connectivity index (χ1) is 8.68. The van der Waals surface area contributed by atoms with E-state index in [2.05, 4.69) is 16.8 Å². The molecule has 1 aromatic heterocycles. The Kier molecular flexibility index (Phi) is 4.03. The molecule has 2 rings (SSSR count). The summed E-state index contributed by atoms with van der Waals surface area (Å²) in [5.74, 6) is 5.82. The molecule has 0 aliphatic rings. The number of hydrogen-bond acceptors (Lipinski definition) is 2. The predicted octanol–water partition coefficient (Wildman–Crippen LogP) is 2.60. The minimum Gasteiger partial charge on any atom is -0.286 e. The van der Waals surface area contributed by atoms with E-state index in [0.717, 1.165) is 5.56 Å². The molecule has 5 heteroatoms. The van der Waals surface area contributed by atoms with Crippen LogP contribution in [0.1, 0.15) is 5.56 Å². The highest BCUT2D eigenvalue weighted by Crippen LogP contribution is 2.12. The van der Waals surface area contributed by atoms with Crippen LogP contribution in [-0.4, -0.2) is 9.55 Å². The van der Waals surface area contributed by atoms with E-state index in [0.29, 0.717) is 0 Å². The van der Waals surface area contributed by atoms with Crippen LogP contribution in [0.25, 0.3) is 0 Å². The van der Waals surface area contributed by atoms with Gasteiger partial charge in [0.2, 0.25) is 0 Å². The van der Waals surface area contributed by atoms with Crippen LogP contribution in [-0.2, 0) is 6.54 Å². The van der Waals surface area contributed by atoms with Gasteiger partial charge in [0.05, 0.1) is 6.54 Å². The van der Waals surface area contributed by atoms with E-state index in [9.17, 15) is 4.79 Å². The molecule has 2 aromatic rings. The van der Waals surface area contributed by atoms with E-state index < -0.39 is 0 Å². The fraction of sp³-hybridized carbons (Fsp3) is 0.0769. The molecule has 0 N–H and O–H groups in total. The summed E-state index contributed by atoms with van der Waals surface area (Å²) in [7, 11) is 0. The van der Waals surface area contributed by atoms with E-state index in [4.69, 9.17) is 23.2 Å². The summed E-state index contributed by atoms with van der Waals surface area (Å²) >= 11 is 11.3. The zero-order valence-corrected chi connectivity index (χ0v) is 10.7. The molecule has 0 fully saturated rings. The van der Waals surface area contributed by atoms with Gasteiger partial charge in [-0.25, -0.2) is 4.98 Å². The second-order valence-electron chi connectivity index (χ2n) is 3.45. The van der Waals surface area contributed by atoms with E-state index in [1.165, 1.54) is 10.9 Å². The Hall–Kier alpha value is -1.76. The summed E-state index contributed by atoms with van der Waals surface area (Å²) < 4.78 is 1.31. The average molecular weight is 279 g/mol. The maximum absolute atomic E-state index is 11.7. The summed E-state index contributed by atoms with van der Waals surface area (Å²) in [6.45, 7) is 0.220. The number of benzene rings is 1. The molecule has 0 aliphatic heterocycles. The molecule has 0 radical (unpaired) electrons. The van der Waals surface area contributed by atoms with Gasteiger partial charge < -0.3 is 0 Å². The zero-order valence-electron chi connectivity index (χ0n) is 9.23. The lowest BCUT2D eigenvalue weighted by molar-refractivity contribution is 0.768. The average Bonchev–Trinajstić information content (AvgIpc) is 2.40. The van der Waals surface area contributed by atoms with Crippen LogP contribution in [0.2, 0.25) is 10.2 Å². The maximum Gasteiger partial charge on any atom is 0.274 e. The Morgan fingerprint density at radius 1 is 1.22 bits per heavy atom. The summed E-state index contributed by atoms with van der Waals surface area (Å²) in [5.41, 5.74) is 0.498. The fourth-order valence-electron chi connectivity index (χ4n) is 1.30. The van der Waals surface area contributed by atoms with Crippen LogP contribution in [0, 0.1) is 11.8 Å². The normalized spacial score (nSPS) is 9.67. The van der Waals surface area contributed by atoms with Crippen LogP contribution in [0.3, 0.4) is 0 Å². The summed E-state index contributed by atoms with van der Waals surface area (Å²) in [6.07, 6.45) is 1.33. The quantitative estimate of drug-likeness (QED) is 0.594. The first kappa shape index (κ1) is 12.7. The molecule has 0 atom stereocenters. The van der Waals surface area contributed by atoms with Gasteiger partial charge in [-0.1, -0.05) is 53.2 Å². The second kappa shape index (κ2) is 5.72. The third kappa shape index (κ3) is 2.92. The number of nitrogens with zero attached hydrogens (tertiary/aromatic N) is 2. The molecule has 0 unspecified atom stereocenters. The van der Waals surface area contributed by atoms with Crippen LogP contribution in [0.4, 0.5) is 0 Å². The van der Waals surface area contributed by atoms with E-state index in [1.807, 2.05) is 30.3 Å². The smallest absolute Gasteiger partial charge is 0.274 e. The Labute approximate surface area is 114 Å². The molecule has 18 heavy (non-hydrogen) atoms. The molecule has 0 spiro atoms. The lowest BCUT2D eigenvalue weighted by Gasteiger charge is -2.00. The Morgan fingerprint density at radius 2 is 1.94 bits per heavy atom. The van der Waals surface area contributed by atoms with Crippen LogP contribution >= 0.6 is 23.2 Å². The van der Waals surface area contributed by atoms with Crippen LogP contribution in [0.15, 0.2) is 41.5 Å². The number of aromatic nitrogens is 2.